The van der Waals surface area contributed by atoms with Gasteiger partial charge in [0.2, 0.25) is 5.91 Å². The van der Waals surface area contributed by atoms with E-state index in [0.29, 0.717) is 6.42 Å². The number of hydrogen-bond acceptors (Lipinski definition) is 2. The van der Waals surface area contributed by atoms with Crippen LogP contribution in [0.5, 0.6) is 0 Å². The summed E-state index contributed by atoms with van der Waals surface area (Å²) in [5.74, 6) is 1.72. The maximum absolute atomic E-state index is 12.3. The van der Waals surface area contributed by atoms with E-state index in [2.05, 4.69) is 26.1 Å². The molecule has 0 aromatic rings. The van der Waals surface area contributed by atoms with Crippen LogP contribution in [-0.4, -0.2) is 17.0 Å². The van der Waals surface area contributed by atoms with E-state index in [-0.39, 0.29) is 22.4 Å². The maximum Gasteiger partial charge on any atom is 0.220 e. The fourth-order valence-electron chi connectivity index (χ4n) is 5.30. The zero-order chi connectivity index (χ0) is 13.9. The number of hydrogen-bond donors (Lipinski definition) is 2. The Morgan fingerprint density at radius 3 is 2.26 bits per heavy atom. The summed E-state index contributed by atoms with van der Waals surface area (Å²) in [5, 5.41) is 3.39. The molecule has 2 unspecified atom stereocenters. The van der Waals surface area contributed by atoms with Gasteiger partial charge in [0.25, 0.3) is 0 Å². The normalized spacial score (nSPS) is 44.4. The van der Waals surface area contributed by atoms with E-state index >= 15 is 0 Å². The highest BCUT2D eigenvalue weighted by Crippen LogP contribution is 2.56. The molecular weight excluding hydrogens is 236 g/mol. The van der Waals surface area contributed by atoms with Crippen LogP contribution in [0, 0.1) is 17.3 Å². The van der Waals surface area contributed by atoms with Crippen LogP contribution in [0.1, 0.15) is 65.7 Å². The number of nitrogens with two attached hydrogens (primary N) is 1. The van der Waals surface area contributed by atoms with Crippen molar-refractivity contribution >= 4 is 5.91 Å². The van der Waals surface area contributed by atoms with Crippen LogP contribution in [0.4, 0.5) is 0 Å². The quantitative estimate of drug-likeness (QED) is 0.805. The molecule has 1 amide bonds. The molecule has 0 heterocycles. The van der Waals surface area contributed by atoms with Gasteiger partial charge in [-0.1, -0.05) is 20.8 Å². The summed E-state index contributed by atoms with van der Waals surface area (Å²) in [7, 11) is 0. The number of nitrogens with one attached hydrogen (secondary N) is 1. The van der Waals surface area contributed by atoms with Gasteiger partial charge in [0.1, 0.15) is 0 Å². The van der Waals surface area contributed by atoms with Crippen LogP contribution < -0.4 is 11.1 Å². The second kappa shape index (κ2) is 3.97. The minimum atomic E-state index is 0.0130. The highest BCUT2D eigenvalue weighted by molar-refractivity contribution is 5.77. The molecule has 0 spiro atoms. The van der Waals surface area contributed by atoms with E-state index in [1.807, 2.05) is 0 Å². The molecule has 4 rings (SSSR count). The Morgan fingerprint density at radius 1 is 1.21 bits per heavy atom. The first-order valence-electron chi connectivity index (χ1n) is 7.77. The number of rotatable bonds is 2. The first kappa shape index (κ1) is 13.4. The van der Waals surface area contributed by atoms with Gasteiger partial charge < -0.3 is 11.1 Å². The monoisotopic (exact) mass is 264 g/mol. The van der Waals surface area contributed by atoms with Gasteiger partial charge in [-0.05, 0) is 55.8 Å². The van der Waals surface area contributed by atoms with Crippen molar-refractivity contribution in [3.8, 4) is 0 Å². The van der Waals surface area contributed by atoms with E-state index in [4.69, 9.17) is 5.73 Å². The molecule has 4 saturated carbocycles. The molecule has 108 valence electrons. The van der Waals surface area contributed by atoms with Gasteiger partial charge in [-0.2, -0.15) is 0 Å². The van der Waals surface area contributed by atoms with Crippen molar-refractivity contribution in [2.45, 2.75) is 76.8 Å². The lowest BCUT2D eigenvalue weighted by Gasteiger charge is -2.61. The first-order valence-corrected chi connectivity index (χ1v) is 7.77. The highest BCUT2D eigenvalue weighted by Gasteiger charge is 2.56. The molecule has 0 aliphatic heterocycles. The SMILES string of the molecule is CC(C)(C)CC(=O)NC12CC3CC(CC(N)(C3)C1)C2. The van der Waals surface area contributed by atoms with Crippen molar-refractivity contribution in [1.29, 1.82) is 0 Å². The topological polar surface area (TPSA) is 55.1 Å². The third-order valence-electron chi connectivity index (χ3n) is 5.20. The van der Waals surface area contributed by atoms with Crippen LogP contribution in [0.2, 0.25) is 0 Å². The molecular formula is C16H28N2O. The van der Waals surface area contributed by atoms with Gasteiger partial charge in [-0.15, -0.1) is 0 Å². The molecule has 4 aliphatic rings. The smallest absolute Gasteiger partial charge is 0.220 e. The lowest BCUT2D eigenvalue weighted by Crippen LogP contribution is -2.68. The molecule has 4 fully saturated rings. The van der Waals surface area contributed by atoms with Gasteiger partial charge in [0.05, 0.1) is 0 Å². The molecule has 0 aromatic heterocycles. The van der Waals surface area contributed by atoms with Crippen molar-refractivity contribution in [3.63, 3.8) is 0 Å². The molecule has 0 aromatic carbocycles. The minimum Gasteiger partial charge on any atom is -0.351 e. The van der Waals surface area contributed by atoms with Crippen LogP contribution >= 0.6 is 0 Å². The summed E-state index contributed by atoms with van der Waals surface area (Å²) >= 11 is 0. The second-order valence-corrected chi connectivity index (χ2v) is 8.89. The van der Waals surface area contributed by atoms with Crippen LogP contribution in [-0.2, 0) is 4.79 Å². The summed E-state index contributed by atoms with van der Waals surface area (Å²) in [5.41, 5.74) is 6.66. The average molecular weight is 264 g/mol. The Kier molecular flexibility index (Phi) is 2.80. The van der Waals surface area contributed by atoms with Crippen molar-refractivity contribution in [2.75, 3.05) is 0 Å². The molecule has 19 heavy (non-hydrogen) atoms. The fourth-order valence-corrected chi connectivity index (χ4v) is 5.30. The Hall–Kier alpha value is -0.570. The second-order valence-electron chi connectivity index (χ2n) is 8.89. The molecule has 0 saturated heterocycles. The lowest BCUT2D eigenvalue weighted by molar-refractivity contribution is -0.129. The third kappa shape index (κ3) is 2.67. The van der Waals surface area contributed by atoms with Crippen LogP contribution in [0.25, 0.3) is 0 Å². The van der Waals surface area contributed by atoms with Gasteiger partial charge in [0, 0.05) is 17.5 Å². The van der Waals surface area contributed by atoms with Crippen LogP contribution in [0.3, 0.4) is 0 Å². The highest BCUT2D eigenvalue weighted by atomic mass is 16.1. The van der Waals surface area contributed by atoms with Gasteiger partial charge in [-0.25, -0.2) is 0 Å². The number of amides is 1. The van der Waals surface area contributed by atoms with Gasteiger partial charge in [0.15, 0.2) is 0 Å². The molecule has 4 aliphatic carbocycles. The zero-order valence-corrected chi connectivity index (χ0v) is 12.6. The first-order chi connectivity index (χ1) is 8.67. The predicted molar refractivity (Wildman–Crippen MR) is 76.5 cm³/mol. The van der Waals surface area contributed by atoms with Gasteiger partial charge >= 0.3 is 0 Å². The number of carbonyl (C=O) groups excluding carboxylic acids is 1. The van der Waals surface area contributed by atoms with E-state index in [0.717, 1.165) is 18.3 Å². The van der Waals surface area contributed by atoms with E-state index in [1.54, 1.807) is 0 Å². The maximum atomic E-state index is 12.3. The Morgan fingerprint density at radius 2 is 1.79 bits per heavy atom. The largest absolute Gasteiger partial charge is 0.351 e. The standard InChI is InChI=1S/C16H28N2O/c1-14(2,3)9-13(19)18-16-7-11-4-12(8-16)6-15(17,5-11)10-16/h11-12H,4-10,17H2,1-3H3,(H,18,19). The Labute approximate surface area is 116 Å². The molecule has 3 nitrogen and oxygen atoms in total. The zero-order valence-electron chi connectivity index (χ0n) is 12.6. The Balaban J connectivity index is 1.72. The van der Waals surface area contributed by atoms with Crippen molar-refractivity contribution in [3.05, 3.63) is 0 Å². The number of carbonyl (C=O) groups is 1. The minimum absolute atomic E-state index is 0.0130. The van der Waals surface area contributed by atoms with Gasteiger partial charge in [-0.3, -0.25) is 4.79 Å². The molecule has 3 heteroatoms. The molecule has 3 N–H and O–H groups in total. The lowest BCUT2D eigenvalue weighted by atomic mass is 9.50. The average Bonchev–Trinajstić information content (AvgIpc) is 2.06. The summed E-state index contributed by atoms with van der Waals surface area (Å²) in [6.45, 7) is 6.37. The predicted octanol–water partition coefficient (Wildman–Crippen LogP) is 2.59. The summed E-state index contributed by atoms with van der Waals surface area (Å²) in [6, 6.07) is 0. The Bertz CT molecular complexity index is 382. The third-order valence-corrected chi connectivity index (χ3v) is 5.20. The van der Waals surface area contributed by atoms with E-state index in [9.17, 15) is 4.79 Å². The van der Waals surface area contributed by atoms with Crippen molar-refractivity contribution in [1.82, 2.24) is 5.32 Å². The summed E-state index contributed by atoms with van der Waals surface area (Å²) < 4.78 is 0. The van der Waals surface area contributed by atoms with E-state index in [1.165, 1.54) is 32.1 Å². The van der Waals surface area contributed by atoms with Crippen LogP contribution in [0.15, 0.2) is 0 Å². The summed E-state index contributed by atoms with van der Waals surface area (Å²) in [6.07, 6.45) is 7.65. The van der Waals surface area contributed by atoms with E-state index < -0.39 is 0 Å². The van der Waals surface area contributed by atoms with Crippen molar-refractivity contribution in [2.24, 2.45) is 23.0 Å². The van der Waals surface area contributed by atoms with Crippen molar-refractivity contribution < 1.29 is 4.79 Å². The summed E-state index contributed by atoms with van der Waals surface area (Å²) in [4.78, 5) is 12.3. The molecule has 4 bridgehead atoms. The molecule has 0 radical (unpaired) electrons. The fraction of sp³-hybridized carbons (Fsp3) is 0.938. The molecule has 2 atom stereocenters.